The first-order valence-electron chi connectivity index (χ1n) is 8.80. The molecular formula is C20H29N3O2. The Kier molecular flexibility index (Phi) is 6.76. The van der Waals surface area contributed by atoms with E-state index in [1.807, 2.05) is 18.2 Å². The Morgan fingerprint density at radius 2 is 1.96 bits per heavy atom. The summed E-state index contributed by atoms with van der Waals surface area (Å²) in [5, 5.41) is 3.45. The highest BCUT2D eigenvalue weighted by Crippen LogP contribution is 2.15. The fourth-order valence-corrected chi connectivity index (χ4v) is 2.52. The Hall–Kier alpha value is -2.14. The molecule has 136 valence electrons. The summed E-state index contributed by atoms with van der Waals surface area (Å²) in [7, 11) is 0. The summed E-state index contributed by atoms with van der Waals surface area (Å²) in [6.45, 7) is 11.1. The van der Waals surface area contributed by atoms with Crippen LogP contribution in [0.4, 0.5) is 0 Å². The topological polar surface area (TPSA) is 56.1 Å². The van der Waals surface area contributed by atoms with Crippen LogP contribution in [-0.4, -0.2) is 22.7 Å². The second-order valence-electron chi connectivity index (χ2n) is 7.63. The van der Waals surface area contributed by atoms with Crippen LogP contribution in [0.1, 0.15) is 33.3 Å². The maximum absolute atomic E-state index is 12.4. The van der Waals surface area contributed by atoms with E-state index < -0.39 is 0 Å². The van der Waals surface area contributed by atoms with Crippen LogP contribution < -0.4 is 15.6 Å². The Morgan fingerprint density at radius 3 is 2.64 bits per heavy atom. The average Bonchev–Trinajstić information content (AvgIpc) is 2.56. The van der Waals surface area contributed by atoms with E-state index in [1.165, 1.54) is 5.56 Å². The van der Waals surface area contributed by atoms with Crippen LogP contribution in [0, 0.1) is 11.3 Å². The molecule has 0 aliphatic heterocycles. The molecule has 1 aromatic carbocycles. The second kappa shape index (κ2) is 8.81. The number of nitrogens with zero attached hydrogens (tertiary/aromatic N) is 2. The molecule has 5 heteroatoms. The third-order valence-electron chi connectivity index (χ3n) is 3.82. The number of rotatable bonds is 9. The first-order valence-corrected chi connectivity index (χ1v) is 8.80. The molecule has 0 amide bonds. The molecule has 25 heavy (non-hydrogen) atoms. The molecule has 0 aliphatic carbocycles. The molecule has 0 fully saturated rings. The van der Waals surface area contributed by atoms with Gasteiger partial charge in [-0.25, -0.2) is 4.98 Å². The highest BCUT2D eigenvalue weighted by Gasteiger charge is 2.20. The molecule has 0 spiro atoms. The standard InChI is InChI=1S/C20H29N3O2/c1-16(2)13-23-11-10-22-18(19(23)24)25-15-20(3,4)14-21-12-17-8-6-5-7-9-17/h5-11,16,21H,12-15H2,1-4H3. The molecule has 5 nitrogen and oxygen atoms in total. The van der Waals surface area contributed by atoms with E-state index in [1.54, 1.807) is 17.0 Å². The quantitative estimate of drug-likeness (QED) is 0.760. The van der Waals surface area contributed by atoms with Crippen LogP contribution in [0.3, 0.4) is 0 Å². The van der Waals surface area contributed by atoms with E-state index in [0.717, 1.165) is 13.1 Å². The van der Waals surface area contributed by atoms with Gasteiger partial charge in [-0.15, -0.1) is 0 Å². The van der Waals surface area contributed by atoms with E-state index in [9.17, 15) is 4.79 Å². The summed E-state index contributed by atoms with van der Waals surface area (Å²) in [5.41, 5.74) is 0.978. The van der Waals surface area contributed by atoms with E-state index in [2.05, 4.69) is 50.1 Å². The second-order valence-corrected chi connectivity index (χ2v) is 7.63. The van der Waals surface area contributed by atoms with Gasteiger partial charge in [0, 0.05) is 37.4 Å². The van der Waals surface area contributed by atoms with Gasteiger partial charge in [0.05, 0.1) is 6.61 Å². The minimum Gasteiger partial charge on any atom is -0.473 e. The lowest BCUT2D eigenvalue weighted by molar-refractivity contribution is 0.167. The predicted octanol–water partition coefficient (Wildman–Crippen LogP) is 3.09. The van der Waals surface area contributed by atoms with E-state index in [4.69, 9.17) is 4.74 Å². The Morgan fingerprint density at radius 1 is 1.24 bits per heavy atom. The van der Waals surface area contributed by atoms with Crippen molar-refractivity contribution in [2.45, 2.75) is 40.8 Å². The summed E-state index contributed by atoms with van der Waals surface area (Å²) >= 11 is 0. The van der Waals surface area contributed by atoms with Gasteiger partial charge in [-0.3, -0.25) is 4.79 Å². The first-order chi connectivity index (χ1) is 11.9. The van der Waals surface area contributed by atoms with Crippen molar-refractivity contribution in [3.8, 4) is 5.88 Å². The molecule has 1 heterocycles. The van der Waals surface area contributed by atoms with E-state index >= 15 is 0 Å². The molecule has 1 aromatic heterocycles. The zero-order chi connectivity index (χ0) is 18.3. The van der Waals surface area contributed by atoms with Crippen molar-refractivity contribution in [1.29, 1.82) is 0 Å². The Labute approximate surface area is 150 Å². The lowest BCUT2D eigenvalue weighted by atomic mass is 9.95. The van der Waals surface area contributed by atoms with Crippen LogP contribution in [0.25, 0.3) is 0 Å². The number of ether oxygens (including phenoxy) is 1. The molecular weight excluding hydrogens is 314 g/mol. The van der Waals surface area contributed by atoms with Crippen LogP contribution in [0.2, 0.25) is 0 Å². The van der Waals surface area contributed by atoms with Gasteiger partial charge in [-0.05, 0) is 11.5 Å². The molecule has 2 rings (SSSR count). The molecule has 0 unspecified atom stereocenters. The summed E-state index contributed by atoms with van der Waals surface area (Å²) in [5.74, 6) is 0.575. The van der Waals surface area contributed by atoms with Gasteiger partial charge in [-0.2, -0.15) is 0 Å². The minimum absolute atomic E-state index is 0.110. The lowest BCUT2D eigenvalue weighted by Gasteiger charge is -2.25. The molecule has 1 N–H and O–H groups in total. The van der Waals surface area contributed by atoms with Crippen molar-refractivity contribution < 1.29 is 4.74 Å². The largest absolute Gasteiger partial charge is 0.473 e. The highest BCUT2D eigenvalue weighted by molar-refractivity contribution is 5.14. The molecule has 0 saturated heterocycles. The first kappa shape index (κ1) is 19.2. The molecule has 0 saturated carbocycles. The maximum Gasteiger partial charge on any atom is 0.313 e. The molecule has 0 aliphatic rings. The number of benzene rings is 1. The van der Waals surface area contributed by atoms with Gasteiger partial charge in [0.25, 0.3) is 5.88 Å². The summed E-state index contributed by atoms with van der Waals surface area (Å²) in [4.78, 5) is 16.5. The maximum atomic E-state index is 12.4. The predicted molar refractivity (Wildman–Crippen MR) is 101 cm³/mol. The van der Waals surface area contributed by atoms with Crippen molar-refractivity contribution in [1.82, 2.24) is 14.9 Å². The summed E-state index contributed by atoms with van der Waals surface area (Å²) < 4.78 is 7.40. The van der Waals surface area contributed by atoms with Crippen molar-refractivity contribution in [3.63, 3.8) is 0 Å². The fraction of sp³-hybridized carbons (Fsp3) is 0.500. The summed E-state index contributed by atoms with van der Waals surface area (Å²) in [6, 6.07) is 10.3. The van der Waals surface area contributed by atoms with Crippen molar-refractivity contribution >= 4 is 0 Å². The number of nitrogens with one attached hydrogen (secondary N) is 1. The van der Waals surface area contributed by atoms with Crippen molar-refractivity contribution in [2.75, 3.05) is 13.2 Å². The van der Waals surface area contributed by atoms with Gasteiger partial charge in [-0.1, -0.05) is 58.0 Å². The van der Waals surface area contributed by atoms with E-state index in [0.29, 0.717) is 19.1 Å². The Balaban J connectivity index is 1.87. The Bertz CT molecular complexity index is 708. The van der Waals surface area contributed by atoms with Crippen LogP contribution >= 0.6 is 0 Å². The van der Waals surface area contributed by atoms with Crippen LogP contribution in [0.15, 0.2) is 47.5 Å². The minimum atomic E-state index is -0.163. The SMILES string of the molecule is CC(C)Cn1ccnc(OCC(C)(C)CNCc2ccccc2)c1=O. The molecule has 0 atom stereocenters. The molecule has 0 radical (unpaired) electrons. The fourth-order valence-electron chi connectivity index (χ4n) is 2.52. The zero-order valence-corrected chi connectivity index (χ0v) is 15.7. The third-order valence-corrected chi connectivity index (χ3v) is 3.82. The van der Waals surface area contributed by atoms with Crippen LogP contribution in [0.5, 0.6) is 5.88 Å². The molecule has 0 bridgehead atoms. The van der Waals surface area contributed by atoms with Crippen molar-refractivity contribution in [3.05, 3.63) is 58.6 Å². The van der Waals surface area contributed by atoms with Gasteiger partial charge in [0.1, 0.15) is 0 Å². The summed E-state index contributed by atoms with van der Waals surface area (Å²) in [6.07, 6.45) is 3.33. The van der Waals surface area contributed by atoms with Crippen molar-refractivity contribution in [2.24, 2.45) is 11.3 Å². The van der Waals surface area contributed by atoms with Gasteiger partial charge < -0.3 is 14.6 Å². The number of hydrogen-bond donors (Lipinski definition) is 1. The normalized spacial score (nSPS) is 11.7. The smallest absolute Gasteiger partial charge is 0.313 e. The average molecular weight is 343 g/mol. The third kappa shape index (κ3) is 6.35. The van der Waals surface area contributed by atoms with Gasteiger partial charge >= 0.3 is 5.56 Å². The van der Waals surface area contributed by atoms with Crippen LogP contribution in [-0.2, 0) is 13.1 Å². The van der Waals surface area contributed by atoms with E-state index in [-0.39, 0.29) is 16.9 Å². The van der Waals surface area contributed by atoms with Gasteiger partial charge in [0.15, 0.2) is 0 Å². The number of hydrogen-bond acceptors (Lipinski definition) is 4. The zero-order valence-electron chi connectivity index (χ0n) is 15.7. The molecule has 2 aromatic rings. The highest BCUT2D eigenvalue weighted by atomic mass is 16.5. The van der Waals surface area contributed by atoms with Gasteiger partial charge in [0.2, 0.25) is 0 Å². The monoisotopic (exact) mass is 343 g/mol. The number of aromatic nitrogens is 2. The lowest BCUT2D eigenvalue weighted by Crippen LogP contribution is -2.35.